The van der Waals surface area contributed by atoms with Gasteiger partial charge in [0.05, 0.1) is 5.02 Å². The normalized spacial score (nSPS) is 12.1. The summed E-state index contributed by atoms with van der Waals surface area (Å²) in [7, 11) is 0. The largest absolute Gasteiger partial charge is 0.434 e. The molecular weight excluding hydrogens is 418 g/mol. The molecule has 0 radical (unpaired) electrons. The zero-order chi connectivity index (χ0) is 22.5. The summed E-state index contributed by atoms with van der Waals surface area (Å²) < 4.78 is 5.20. The molecule has 0 atom stereocenters. The molecule has 7 heteroatoms. The summed E-state index contributed by atoms with van der Waals surface area (Å²) in [4.78, 5) is 23.0. The van der Waals surface area contributed by atoms with Crippen molar-refractivity contribution in [3.63, 3.8) is 0 Å². The highest BCUT2D eigenvalue weighted by Crippen LogP contribution is 2.26. The summed E-state index contributed by atoms with van der Waals surface area (Å²) in [5.41, 5.74) is 1.86. The van der Waals surface area contributed by atoms with E-state index in [9.17, 15) is 4.79 Å². The lowest BCUT2D eigenvalue weighted by Crippen LogP contribution is -2.04. The zero-order valence-corrected chi connectivity index (χ0v) is 19.9. The molecule has 1 fully saturated rings. The predicted molar refractivity (Wildman–Crippen MR) is 125 cm³/mol. The molecule has 30 heavy (non-hydrogen) atoms. The maximum atomic E-state index is 11.1. The first-order valence-corrected chi connectivity index (χ1v) is 10.9. The molecule has 0 amide bonds. The average Bonchev–Trinajstić information content (AvgIpc) is 3.07. The minimum absolute atomic E-state index is 0.0611. The van der Waals surface area contributed by atoms with Gasteiger partial charge in [-0.1, -0.05) is 51.6 Å². The van der Waals surface area contributed by atoms with Crippen molar-refractivity contribution in [2.45, 2.75) is 59.0 Å². The van der Waals surface area contributed by atoms with E-state index in [1.807, 2.05) is 13.8 Å². The molecule has 3 aromatic heterocycles. The van der Waals surface area contributed by atoms with Gasteiger partial charge < -0.3 is 4.42 Å². The Morgan fingerprint density at radius 2 is 1.87 bits per heavy atom. The van der Waals surface area contributed by atoms with Crippen LogP contribution in [0.2, 0.25) is 5.02 Å². The van der Waals surface area contributed by atoms with Crippen LogP contribution >= 0.6 is 24.2 Å². The molecule has 1 saturated carbocycles. The molecule has 1 aliphatic carbocycles. The highest BCUT2D eigenvalue weighted by molar-refractivity contribution is 7.80. The Kier molecular flexibility index (Phi) is 12.0. The Morgan fingerprint density at radius 3 is 2.17 bits per heavy atom. The molecule has 1 aliphatic rings. The van der Waals surface area contributed by atoms with E-state index in [1.54, 1.807) is 49.8 Å². The first kappa shape index (κ1) is 25.9. The number of pyridine rings is 2. The molecule has 5 nitrogen and oxygen atoms in total. The summed E-state index contributed by atoms with van der Waals surface area (Å²) in [5, 5.41) is 1.14. The molecule has 0 aromatic carbocycles. The summed E-state index contributed by atoms with van der Waals surface area (Å²) >= 11 is 9.65. The highest BCUT2D eigenvalue weighted by Gasteiger charge is 2.11. The molecule has 0 aliphatic heterocycles. The lowest BCUT2D eigenvalue weighted by atomic mass is 9.88. The fraction of sp³-hybridized carbons (Fsp3) is 0.391. The van der Waals surface area contributed by atoms with E-state index in [0.29, 0.717) is 27.4 Å². The third-order valence-corrected chi connectivity index (χ3v) is 4.66. The van der Waals surface area contributed by atoms with Crippen molar-refractivity contribution < 1.29 is 9.21 Å². The number of carbonyl (C=O) groups excluding carboxylic acids is 1. The average molecular weight is 448 g/mol. The quantitative estimate of drug-likeness (QED) is 0.335. The van der Waals surface area contributed by atoms with E-state index < -0.39 is 0 Å². The Hall–Kier alpha value is -2.18. The molecule has 3 aromatic rings. The summed E-state index contributed by atoms with van der Waals surface area (Å²) in [6.45, 7) is 9.54. The summed E-state index contributed by atoms with van der Waals surface area (Å²) in [6, 6.07) is 7.02. The second-order valence-electron chi connectivity index (χ2n) is 6.58. The fourth-order valence-electron chi connectivity index (χ4n) is 2.30. The number of oxazole rings is 1. The Balaban J connectivity index is 0.000000263. The second-order valence-corrected chi connectivity index (χ2v) is 7.42. The molecule has 0 N–H and O–H groups in total. The van der Waals surface area contributed by atoms with Crippen LogP contribution in [0.5, 0.6) is 0 Å². The van der Waals surface area contributed by atoms with Gasteiger partial charge in [0.15, 0.2) is 16.8 Å². The standard InChI is InChI=1S/C11H10N2O2S.C5H4ClN.C5H10.C2H6/c1-6(14)9-4-3-8(5-12-9)10-11(16)15-7(2)13-10;6-5-2-1-3-7-4-5;1-5-3-2-4-5;1-2/h3-5,16H,1-2H3;1-4H;5H,2-4H2,1H3;1-2H3. The number of thiol groups is 1. The van der Waals surface area contributed by atoms with Crippen molar-refractivity contribution >= 4 is 30.0 Å². The predicted octanol–water partition coefficient (Wildman–Crippen LogP) is 7.10. The van der Waals surface area contributed by atoms with Crippen LogP contribution in [0.25, 0.3) is 11.3 Å². The number of nitrogens with zero attached hydrogens (tertiary/aromatic N) is 3. The van der Waals surface area contributed by atoms with Crippen LogP contribution in [-0.4, -0.2) is 20.7 Å². The van der Waals surface area contributed by atoms with Gasteiger partial charge in [-0.3, -0.25) is 14.8 Å². The highest BCUT2D eigenvalue weighted by atomic mass is 35.5. The number of carbonyl (C=O) groups is 1. The van der Waals surface area contributed by atoms with Crippen LogP contribution in [0.3, 0.4) is 0 Å². The molecule has 4 rings (SSSR count). The monoisotopic (exact) mass is 447 g/mol. The third-order valence-electron chi connectivity index (χ3n) is 4.13. The van der Waals surface area contributed by atoms with Gasteiger partial charge in [-0.25, -0.2) is 4.98 Å². The van der Waals surface area contributed by atoms with Crippen LogP contribution in [0.15, 0.2) is 52.4 Å². The first-order valence-electron chi connectivity index (χ1n) is 10.1. The van der Waals surface area contributed by atoms with Crippen molar-refractivity contribution in [1.29, 1.82) is 0 Å². The second kappa shape index (κ2) is 13.9. The van der Waals surface area contributed by atoms with Gasteiger partial charge in [-0.2, -0.15) is 0 Å². The van der Waals surface area contributed by atoms with Gasteiger partial charge in [0.2, 0.25) is 0 Å². The number of halogens is 1. The molecule has 162 valence electrons. The Bertz CT molecular complexity index is 879. The summed E-state index contributed by atoms with van der Waals surface area (Å²) in [5.74, 6) is 1.56. The van der Waals surface area contributed by atoms with Crippen molar-refractivity contribution in [2.24, 2.45) is 5.92 Å². The first-order chi connectivity index (χ1) is 14.4. The van der Waals surface area contributed by atoms with Crippen LogP contribution in [0.4, 0.5) is 0 Å². The third kappa shape index (κ3) is 9.09. The number of ketones is 1. The van der Waals surface area contributed by atoms with Gasteiger partial charge in [-0.05, 0) is 30.2 Å². The molecule has 3 heterocycles. The molecular formula is C23H30ClN3O2S. The van der Waals surface area contributed by atoms with Crippen molar-refractivity contribution in [3.05, 3.63) is 59.5 Å². The minimum Gasteiger partial charge on any atom is -0.434 e. The lowest BCUT2D eigenvalue weighted by molar-refractivity contribution is 0.101. The molecule has 0 saturated heterocycles. The van der Waals surface area contributed by atoms with Crippen LogP contribution in [0, 0.1) is 12.8 Å². The molecule has 0 spiro atoms. The van der Waals surface area contributed by atoms with E-state index in [-0.39, 0.29) is 5.78 Å². The number of aromatic nitrogens is 3. The number of hydrogen-bond acceptors (Lipinski definition) is 6. The number of aryl methyl sites for hydroxylation is 1. The van der Waals surface area contributed by atoms with E-state index in [1.165, 1.54) is 26.2 Å². The van der Waals surface area contributed by atoms with Gasteiger partial charge in [-0.15, -0.1) is 12.6 Å². The van der Waals surface area contributed by atoms with E-state index in [4.69, 9.17) is 16.0 Å². The van der Waals surface area contributed by atoms with Crippen LogP contribution < -0.4 is 0 Å². The lowest BCUT2D eigenvalue weighted by Gasteiger charge is -2.18. The maximum absolute atomic E-state index is 11.1. The number of Topliss-reactive ketones (excluding diaryl/α,β-unsaturated/α-hetero) is 1. The van der Waals surface area contributed by atoms with Crippen molar-refractivity contribution in [1.82, 2.24) is 15.0 Å². The van der Waals surface area contributed by atoms with Crippen molar-refractivity contribution in [2.75, 3.05) is 0 Å². The minimum atomic E-state index is -0.0611. The number of hydrogen-bond donors (Lipinski definition) is 1. The summed E-state index contributed by atoms with van der Waals surface area (Å²) in [6.07, 6.45) is 9.34. The van der Waals surface area contributed by atoms with E-state index in [2.05, 4.69) is 34.5 Å². The number of rotatable bonds is 2. The Morgan fingerprint density at radius 1 is 1.20 bits per heavy atom. The van der Waals surface area contributed by atoms with Crippen LogP contribution in [0.1, 0.15) is 63.3 Å². The SMILES string of the molecule is CC.CC(=O)c1ccc(-c2nc(C)oc2S)cn1.CC1CCC1.Clc1cccnc1. The van der Waals surface area contributed by atoms with E-state index >= 15 is 0 Å². The zero-order valence-electron chi connectivity index (χ0n) is 18.2. The van der Waals surface area contributed by atoms with E-state index in [0.717, 1.165) is 11.5 Å². The molecule has 0 unspecified atom stereocenters. The maximum Gasteiger partial charge on any atom is 0.193 e. The molecule has 0 bridgehead atoms. The topological polar surface area (TPSA) is 68.9 Å². The smallest absolute Gasteiger partial charge is 0.193 e. The Labute approximate surface area is 189 Å². The van der Waals surface area contributed by atoms with Crippen molar-refractivity contribution in [3.8, 4) is 11.3 Å². The van der Waals surface area contributed by atoms with Gasteiger partial charge in [0.1, 0.15) is 11.4 Å². The van der Waals surface area contributed by atoms with Gasteiger partial charge >= 0.3 is 0 Å². The van der Waals surface area contributed by atoms with Gasteiger partial charge in [0, 0.05) is 38.0 Å². The fourth-order valence-corrected chi connectivity index (χ4v) is 2.74. The van der Waals surface area contributed by atoms with Crippen LogP contribution in [-0.2, 0) is 0 Å². The van der Waals surface area contributed by atoms with Gasteiger partial charge in [0.25, 0.3) is 0 Å².